The number of amides is 1. The van der Waals surface area contributed by atoms with E-state index in [2.05, 4.69) is 17.1 Å². The van der Waals surface area contributed by atoms with Gasteiger partial charge in [0.05, 0.1) is 25.9 Å². The Balaban J connectivity index is 1.58. The number of fused-ring (bicyclic) bond motifs is 1. The van der Waals surface area contributed by atoms with E-state index in [4.69, 9.17) is 9.15 Å². The molecule has 1 aromatic carbocycles. The highest BCUT2D eigenvalue weighted by Gasteiger charge is 2.18. The van der Waals surface area contributed by atoms with Crippen LogP contribution in [0.2, 0.25) is 0 Å². The second-order valence-electron chi connectivity index (χ2n) is 6.52. The van der Waals surface area contributed by atoms with Gasteiger partial charge in [-0.1, -0.05) is 19.1 Å². The van der Waals surface area contributed by atoms with Crippen molar-refractivity contribution in [2.24, 2.45) is 0 Å². The van der Waals surface area contributed by atoms with Crippen molar-refractivity contribution in [2.75, 3.05) is 32.8 Å². The minimum absolute atomic E-state index is 0.0541. The maximum absolute atomic E-state index is 12.4. The summed E-state index contributed by atoms with van der Waals surface area (Å²) in [4.78, 5) is 14.8. The summed E-state index contributed by atoms with van der Waals surface area (Å²) in [5.41, 5.74) is 2.95. The molecule has 5 heteroatoms. The zero-order valence-corrected chi connectivity index (χ0v) is 14.5. The second kappa shape index (κ2) is 7.81. The minimum Gasteiger partial charge on any atom is -0.464 e. The zero-order valence-electron chi connectivity index (χ0n) is 14.5. The van der Waals surface area contributed by atoms with E-state index >= 15 is 0 Å². The van der Waals surface area contributed by atoms with E-state index in [0.29, 0.717) is 6.42 Å². The Hall–Kier alpha value is -1.85. The van der Waals surface area contributed by atoms with E-state index in [1.54, 1.807) is 6.26 Å². The molecule has 0 spiro atoms. The molecule has 2 heterocycles. The Morgan fingerprint density at radius 1 is 1.33 bits per heavy atom. The summed E-state index contributed by atoms with van der Waals surface area (Å²) in [7, 11) is 0. The van der Waals surface area contributed by atoms with Crippen LogP contribution in [-0.4, -0.2) is 49.7 Å². The summed E-state index contributed by atoms with van der Waals surface area (Å²) in [6.45, 7) is 8.48. The van der Waals surface area contributed by atoms with Gasteiger partial charge in [-0.2, -0.15) is 0 Å². The molecule has 1 N–H and O–H groups in total. The third-order valence-electron chi connectivity index (χ3n) is 4.60. The van der Waals surface area contributed by atoms with Gasteiger partial charge < -0.3 is 14.5 Å². The zero-order chi connectivity index (χ0) is 16.9. The quantitative estimate of drug-likeness (QED) is 0.884. The van der Waals surface area contributed by atoms with Gasteiger partial charge in [0, 0.05) is 36.6 Å². The van der Waals surface area contributed by atoms with Gasteiger partial charge in [0.2, 0.25) is 5.91 Å². The normalized spacial score (nSPS) is 17.1. The van der Waals surface area contributed by atoms with Crippen LogP contribution in [0.4, 0.5) is 0 Å². The summed E-state index contributed by atoms with van der Waals surface area (Å²) in [6.07, 6.45) is 2.98. The highest BCUT2D eigenvalue weighted by molar-refractivity contribution is 5.88. The smallest absolute Gasteiger partial charge is 0.224 e. The van der Waals surface area contributed by atoms with Gasteiger partial charge in [0.25, 0.3) is 0 Å². The first-order valence-electron chi connectivity index (χ1n) is 8.72. The maximum Gasteiger partial charge on any atom is 0.224 e. The Bertz CT molecular complexity index is 689. The maximum atomic E-state index is 12.4. The molecule has 5 nitrogen and oxygen atoms in total. The van der Waals surface area contributed by atoms with Crippen LogP contribution >= 0.6 is 0 Å². The van der Waals surface area contributed by atoms with Crippen LogP contribution < -0.4 is 5.32 Å². The molecule has 24 heavy (non-hydrogen) atoms. The first-order chi connectivity index (χ1) is 11.7. The number of carbonyl (C=O) groups is 1. The number of ether oxygens (including phenoxy) is 1. The largest absolute Gasteiger partial charge is 0.464 e. The van der Waals surface area contributed by atoms with Crippen LogP contribution in [0.1, 0.15) is 24.5 Å². The van der Waals surface area contributed by atoms with Crippen LogP contribution in [0.5, 0.6) is 0 Å². The van der Waals surface area contributed by atoms with Crippen LogP contribution in [0, 0.1) is 6.92 Å². The number of rotatable bonds is 6. The fourth-order valence-electron chi connectivity index (χ4n) is 3.15. The van der Waals surface area contributed by atoms with Gasteiger partial charge in [0.1, 0.15) is 5.58 Å². The van der Waals surface area contributed by atoms with Gasteiger partial charge in [-0.25, -0.2) is 0 Å². The Labute approximate surface area is 143 Å². The number of benzene rings is 1. The lowest BCUT2D eigenvalue weighted by Crippen LogP contribution is -2.47. The van der Waals surface area contributed by atoms with Crippen molar-refractivity contribution in [3.63, 3.8) is 0 Å². The third kappa shape index (κ3) is 4.16. The second-order valence-corrected chi connectivity index (χ2v) is 6.52. The van der Waals surface area contributed by atoms with Crippen molar-refractivity contribution >= 4 is 16.9 Å². The molecule has 1 saturated heterocycles. The van der Waals surface area contributed by atoms with Gasteiger partial charge >= 0.3 is 0 Å². The molecule has 1 aliphatic rings. The molecule has 1 fully saturated rings. The fourth-order valence-corrected chi connectivity index (χ4v) is 3.15. The van der Waals surface area contributed by atoms with Crippen molar-refractivity contribution in [1.29, 1.82) is 0 Å². The summed E-state index contributed by atoms with van der Waals surface area (Å²) in [5.74, 6) is 0.0541. The third-order valence-corrected chi connectivity index (χ3v) is 4.60. The van der Waals surface area contributed by atoms with E-state index in [1.165, 1.54) is 0 Å². The summed E-state index contributed by atoms with van der Waals surface area (Å²) >= 11 is 0. The van der Waals surface area contributed by atoms with Crippen molar-refractivity contribution < 1.29 is 13.9 Å². The Kier molecular flexibility index (Phi) is 5.53. The van der Waals surface area contributed by atoms with Crippen LogP contribution in [-0.2, 0) is 16.0 Å². The molecule has 130 valence electrons. The van der Waals surface area contributed by atoms with E-state index in [-0.39, 0.29) is 11.9 Å². The predicted octanol–water partition coefficient (Wildman–Crippen LogP) is 2.51. The van der Waals surface area contributed by atoms with Crippen LogP contribution in [0.25, 0.3) is 11.0 Å². The fraction of sp³-hybridized carbons (Fsp3) is 0.526. The van der Waals surface area contributed by atoms with E-state index in [9.17, 15) is 4.79 Å². The average molecular weight is 330 g/mol. The van der Waals surface area contributed by atoms with Crippen LogP contribution in [0.15, 0.2) is 28.9 Å². The van der Waals surface area contributed by atoms with E-state index < -0.39 is 0 Å². The Morgan fingerprint density at radius 2 is 2.12 bits per heavy atom. The minimum atomic E-state index is 0.0541. The number of hydrogen-bond acceptors (Lipinski definition) is 4. The summed E-state index contributed by atoms with van der Waals surface area (Å²) < 4.78 is 11.0. The summed E-state index contributed by atoms with van der Waals surface area (Å²) in [5, 5.41) is 4.19. The molecule has 1 unspecified atom stereocenters. The number of nitrogens with zero attached hydrogens (tertiary/aromatic N) is 1. The molecule has 2 aromatic rings. The monoisotopic (exact) mass is 330 g/mol. The predicted molar refractivity (Wildman–Crippen MR) is 94.1 cm³/mol. The molecule has 1 atom stereocenters. The lowest BCUT2D eigenvalue weighted by molar-refractivity contribution is -0.121. The first-order valence-corrected chi connectivity index (χ1v) is 8.72. The van der Waals surface area contributed by atoms with Gasteiger partial charge in [-0.15, -0.1) is 0 Å². The molecular formula is C19H26N2O3. The van der Waals surface area contributed by atoms with E-state index in [1.807, 2.05) is 25.1 Å². The van der Waals surface area contributed by atoms with E-state index in [0.717, 1.165) is 61.4 Å². The number of morpholine rings is 1. The number of nitrogens with one attached hydrogen (secondary N) is 1. The van der Waals surface area contributed by atoms with Crippen molar-refractivity contribution in [3.8, 4) is 0 Å². The Morgan fingerprint density at radius 3 is 2.88 bits per heavy atom. The molecular weight excluding hydrogens is 304 g/mol. The molecule has 0 radical (unpaired) electrons. The number of furan rings is 1. The van der Waals surface area contributed by atoms with Gasteiger partial charge in [-0.05, 0) is 25.0 Å². The number of hydrogen-bond donors (Lipinski definition) is 1. The molecule has 3 rings (SSSR count). The van der Waals surface area contributed by atoms with Crippen molar-refractivity contribution in [3.05, 3.63) is 35.6 Å². The van der Waals surface area contributed by atoms with Crippen molar-refractivity contribution in [2.45, 2.75) is 32.7 Å². The van der Waals surface area contributed by atoms with Crippen molar-refractivity contribution in [1.82, 2.24) is 10.2 Å². The average Bonchev–Trinajstić information content (AvgIpc) is 2.97. The molecule has 1 amide bonds. The van der Waals surface area contributed by atoms with Gasteiger partial charge in [-0.3, -0.25) is 9.69 Å². The van der Waals surface area contributed by atoms with Crippen LogP contribution in [0.3, 0.4) is 0 Å². The number of carbonyl (C=O) groups excluding carboxylic acids is 1. The molecule has 0 aliphatic carbocycles. The summed E-state index contributed by atoms with van der Waals surface area (Å²) in [6, 6.07) is 6.26. The topological polar surface area (TPSA) is 54.7 Å². The SMILES string of the molecule is CCC(CN1CCOCC1)NC(=O)Cc1coc2cc(C)ccc12. The molecule has 1 aromatic heterocycles. The lowest BCUT2D eigenvalue weighted by Gasteiger charge is -2.30. The highest BCUT2D eigenvalue weighted by atomic mass is 16.5. The standard InChI is InChI=1S/C19H26N2O3/c1-3-16(12-21-6-8-23-9-7-21)20-19(22)11-15-13-24-18-10-14(2)4-5-17(15)18/h4-5,10,13,16H,3,6-9,11-12H2,1-2H3,(H,20,22). The molecule has 1 aliphatic heterocycles. The lowest BCUT2D eigenvalue weighted by atomic mass is 10.1. The molecule has 0 bridgehead atoms. The molecule has 0 saturated carbocycles. The van der Waals surface area contributed by atoms with Gasteiger partial charge in [0.15, 0.2) is 0 Å². The number of aryl methyl sites for hydroxylation is 1. The first kappa shape index (κ1) is 17.0. The highest BCUT2D eigenvalue weighted by Crippen LogP contribution is 2.22.